The van der Waals surface area contributed by atoms with E-state index >= 15 is 0 Å². The lowest BCUT2D eigenvalue weighted by Crippen LogP contribution is -2.69. The van der Waals surface area contributed by atoms with Gasteiger partial charge in [-0.15, -0.1) is 0 Å². The van der Waals surface area contributed by atoms with Crippen LogP contribution >= 0.6 is 0 Å². The highest BCUT2D eigenvalue weighted by Gasteiger charge is 2.44. The fourth-order valence-corrected chi connectivity index (χ4v) is 9.71. The molecule has 0 saturated heterocycles. The molecule has 0 aliphatic carbocycles. The Balaban J connectivity index is 1.84. The number of fused-ring (bicyclic) bond motifs is 3. The lowest BCUT2D eigenvalue weighted by Gasteiger charge is -2.34. The van der Waals surface area contributed by atoms with Gasteiger partial charge in [-0.2, -0.15) is 0 Å². The van der Waals surface area contributed by atoms with Crippen molar-refractivity contribution in [1.82, 2.24) is 0 Å². The summed E-state index contributed by atoms with van der Waals surface area (Å²) in [6.45, 7) is 0. The summed E-state index contributed by atoms with van der Waals surface area (Å²) in [4.78, 5) is 0. The number of hydrogen-bond donors (Lipinski definition) is 0. The van der Waals surface area contributed by atoms with Gasteiger partial charge in [0.2, 0.25) is 0 Å². The van der Waals surface area contributed by atoms with E-state index in [1.165, 1.54) is 47.9 Å². The van der Waals surface area contributed by atoms with Crippen molar-refractivity contribution >= 4 is 56.2 Å². The van der Waals surface area contributed by atoms with Crippen molar-refractivity contribution < 1.29 is 4.43 Å². The Morgan fingerprint density at radius 2 is 0.697 bits per heavy atom. The Kier molecular flexibility index (Phi) is 4.83. The van der Waals surface area contributed by atoms with Crippen LogP contribution in [0.3, 0.4) is 0 Å². The summed E-state index contributed by atoms with van der Waals surface area (Å²) in [5, 5.41) is 11.4. The fourth-order valence-electron chi connectivity index (χ4n) is 5.36. The van der Waals surface area contributed by atoms with E-state index in [0.29, 0.717) is 0 Å². The van der Waals surface area contributed by atoms with Crippen molar-refractivity contribution in [3.8, 4) is 0 Å². The average molecular weight is 441 g/mol. The number of benzene rings is 6. The van der Waals surface area contributed by atoms with Crippen molar-refractivity contribution in [2.45, 2.75) is 0 Å². The summed E-state index contributed by atoms with van der Waals surface area (Å²) in [6, 6.07) is 46.0. The van der Waals surface area contributed by atoms with Crippen LogP contribution in [0.15, 0.2) is 127 Å². The minimum absolute atomic E-state index is 1.24. The zero-order chi connectivity index (χ0) is 22.3. The van der Waals surface area contributed by atoms with Crippen molar-refractivity contribution in [3.63, 3.8) is 0 Å². The van der Waals surface area contributed by atoms with Gasteiger partial charge < -0.3 is 4.43 Å². The van der Waals surface area contributed by atoms with Gasteiger partial charge in [0.15, 0.2) is 0 Å². The van der Waals surface area contributed by atoms with E-state index in [-0.39, 0.29) is 0 Å². The summed E-state index contributed by atoms with van der Waals surface area (Å²) in [5.74, 6) is 0. The van der Waals surface area contributed by atoms with E-state index in [1.54, 1.807) is 0 Å². The Morgan fingerprint density at radius 1 is 0.394 bits per heavy atom. The summed E-state index contributed by atoms with van der Waals surface area (Å²) >= 11 is 0. The lowest BCUT2D eigenvalue weighted by atomic mass is 10.1. The van der Waals surface area contributed by atoms with E-state index in [9.17, 15) is 0 Å². The van der Waals surface area contributed by atoms with E-state index in [2.05, 4.69) is 127 Å². The van der Waals surface area contributed by atoms with Crippen molar-refractivity contribution in [2.24, 2.45) is 0 Å². The topological polar surface area (TPSA) is 9.23 Å². The van der Waals surface area contributed by atoms with Crippen LogP contribution in [0.5, 0.6) is 0 Å². The molecule has 158 valence electrons. The Labute approximate surface area is 195 Å². The summed E-state index contributed by atoms with van der Waals surface area (Å²) < 4.78 is 6.86. The molecule has 0 spiro atoms. The van der Waals surface area contributed by atoms with Gasteiger partial charge >= 0.3 is 0 Å². The first-order chi connectivity index (χ1) is 16.3. The molecule has 0 atom stereocenters. The molecule has 6 rings (SSSR count). The van der Waals surface area contributed by atoms with Crippen LogP contribution in [0, 0.1) is 0 Å². The van der Waals surface area contributed by atoms with E-state index < -0.39 is 8.32 Å². The minimum atomic E-state index is -2.89. The summed E-state index contributed by atoms with van der Waals surface area (Å²) in [5.41, 5.74) is 0. The van der Waals surface area contributed by atoms with Gasteiger partial charge in [0.25, 0.3) is 8.32 Å². The maximum absolute atomic E-state index is 6.86. The third kappa shape index (κ3) is 3.03. The summed E-state index contributed by atoms with van der Waals surface area (Å²) in [7, 11) is -0.991. The normalized spacial score (nSPS) is 11.9. The molecule has 6 aromatic rings. The summed E-state index contributed by atoms with van der Waals surface area (Å²) in [6.07, 6.45) is 0. The van der Waals surface area contributed by atoms with E-state index in [4.69, 9.17) is 4.43 Å². The van der Waals surface area contributed by atoms with Crippen molar-refractivity contribution in [2.75, 3.05) is 7.11 Å². The molecule has 0 unspecified atom stereocenters. The molecular formula is C31H24OSi. The fraction of sp³-hybridized carbons (Fsp3) is 0.0323. The molecule has 0 aliphatic rings. The Bertz CT molecular complexity index is 1410. The SMILES string of the molecule is CO[Si](c1cccc2ccccc12)(c1cccc2ccccc12)c1cccc2ccccc12. The van der Waals surface area contributed by atoms with Crippen LogP contribution in [0.4, 0.5) is 0 Å². The third-order valence-electron chi connectivity index (χ3n) is 6.81. The average Bonchev–Trinajstić information content (AvgIpc) is 2.90. The monoisotopic (exact) mass is 440 g/mol. The van der Waals surface area contributed by atoms with Gasteiger partial charge in [-0.25, -0.2) is 0 Å². The molecule has 0 fully saturated rings. The first kappa shape index (κ1) is 19.9. The minimum Gasteiger partial charge on any atom is -0.408 e. The highest BCUT2D eigenvalue weighted by atomic mass is 28.4. The van der Waals surface area contributed by atoms with Gasteiger partial charge in [0.05, 0.1) is 0 Å². The van der Waals surface area contributed by atoms with Gasteiger partial charge in [-0.3, -0.25) is 0 Å². The standard InChI is InChI=1S/C31H24OSi/c1-32-33(29-20-8-14-23-11-2-5-17-26(23)29,30-21-9-15-24-12-3-6-18-27(24)30)31-22-10-16-25-13-4-7-19-28(25)31/h2-22H,1H3. The van der Waals surface area contributed by atoms with Crippen LogP contribution in [0.2, 0.25) is 0 Å². The molecule has 1 nitrogen and oxygen atoms in total. The highest BCUT2D eigenvalue weighted by Crippen LogP contribution is 2.24. The predicted octanol–water partition coefficient (Wildman–Crippen LogP) is 5.76. The Morgan fingerprint density at radius 3 is 1.03 bits per heavy atom. The second-order valence-electron chi connectivity index (χ2n) is 8.47. The van der Waals surface area contributed by atoms with Crippen LogP contribution < -0.4 is 15.6 Å². The van der Waals surface area contributed by atoms with Gasteiger partial charge in [0, 0.05) is 7.11 Å². The third-order valence-corrected chi connectivity index (χ3v) is 11.0. The van der Waals surface area contributed by atoms with Crippen LogP contribution in [-0.2, 0) is 4.43 Å². The molecule has 0 N–H and O–H groups in total. The zero-order valence-corrected chi connectivity index (χ0v) is 19.5. The van der Waals surface area contributed by atoms with Crippen LogP contribution in [0.1, 0.15) is 0 Å². The molecule has 2 heteroatoms. The van der Waals surface area contributed by atoms with Crippen LogP contribution in [0.25, 0.3) is 32.3 Å². The quantitative estimate of drug-likeness (QED) is 0.250. The maximum Gasteiger partial charge on any atom is 0.289 e. The number of rotatable bonds is 4. The molecule has 6 aromatic carbocycles. The molecule has 0 aromatic heterocycles. The first-order valence-electron chi connectivity index (χ1n) is 11.3. The Hall–Kier alpha value is -3.72. The van der Waals surface area contributed by atoms with Gasteiger partial charge in [-0.05, 0) is 47.9 Å². The second-order valence-corrected chi connectivity index (χ2v) is 11.9. The molecule has 0 amide bonds. The molecule has 0 bridgehead atoms. The molecule has 33 heavy (non-hydrogen) atoms. The van der Waals surface area contributed by atoms with Gasteiger partial charge in [0.1, 0.15) is 0 Å². The highest BCUT2D eigenvalue weighted by molar-refractivity contribution is 7.10. The van der Waals surface area contributed by atoms with Crippen molar-refractivity contribution in [1.29, 1.82) is 0 Å². The lowest BCUT2D eigenvalue weighted by molar-refractivity contribution is 0.427. The molecule has 0 radical (unpaired) electrons. The smallest absolute Gasteiger partial charge is 0.289 e. The first-order valence-corrected chi connectivity index (χ1v) is 13.2. The van der Waals surface area contributed by atoms with Crippen LogP contribution in [-0.4, -0.2) is 15.4 Å². The molecule has 0 aliphatic heterocycles. The largest absolute Gasteiger partial charge is 0.408 e. The number of hydrogen-bond acceptors (Lipinski definition) is 1. The van der Waals surface area contributed by atoms with E-state index in [1.807, 2.05) is 7.11 Å². The second kappa shape index (κ2) is 8.00. The van der Waals surface area contributed by atoms with E-state index in [0.717, 1.165) is 0 Å². The predicted molar refractivity (Wildman–Crippen MR) is 144 cm³/mol. The maximum atomic E-state index is 6.86. The van der Waals surface area contributed by atoms with Crippen molar-refractivity contribution in [3.05, 3.63) is 127 Å². The van der Waals surface area contributed by atoms with Gasteiger partial charge in [-0.1, -0.05) is 127 Å². The molecule has 0 saturated carbocycles. The molecule has 0 heterocycles. The molecular weight excluding hydrogens is 416 g/mol. The zero-order valence-electron chi connectivity index (χ0n) is 18.5.